The fraction of sp³-hybridized carbons (Fsp3) is 0.950. The van der Waals surface area contributed by atoms with Crippen LogP contribution in [0.4, 0.5) is 0 Å². The Bertz CT molecular complexity index is 388. The third kappa shape index (κ3) is 6.45. The smallest absolute Gasteiger partial charge is 0.191 e. The van der Waals surface area contributed by atoms with Crippen LogP contribution in [0.25, 0.3) is 0 Å². The fourth-order valence-electron chi connectivity index (χ4n) is 4.54. The molecule has 1 heterocycles. The van der Waals surface area contributed by atoms with Gasteiger partial charge in [0.2, 0.25) is 0 Å². The van der Waals surface area contributed by atoms with E-state index < -0.39 is 0 Å². The second-order valence-electron chi connectivity index (χ2n) is 7.89. The summed E-state index contributed by atoms with van der Waals surface area (Å²) in [4.78, 5) is 7.52. The van der Waals surface area contributed by atoms with Gasteiger partial charge < -0.3 is 15.7 Å². The maximum absolute atomic E-state index is 9.50. The molecule has 1 unspecified atom stereocenters. The van der Waals surface area contributed by atoms with Crippen LogP contribution in [0, 0.1) is 5.41 Å². The zero-order valence-corrected chi connectivity index (χ0v) is 16.5. The minimum Gasteiger partial charge on any atom is -0.396 e. The van der Waals surface area contributed by atoms with Gasteiger partial charge in [-0.1, -0.05) is 32.6 Å². The first kappa shape index (κ1) is 20.5. The number of likely N-dealkylation sites (N-methyl/N-ethyl adjacent to an activating group) is 1. The van der Waals surface area contributed by atoms with Crippen LogP contribution < -0.4 is 10.6 Å². The first-order valence-electron chi connectivity index (χ1n) is 10.6. The van der Waals surface area contributed by atoms with E-state index in [-0.39, 0.29) is 12.0 Å². The number of nitrogens with zero attached hydrogens (tertiary/aromatic N) is 2. The quantitative estimate of drug-likeness (QED) is 0.464. The highest BCUT2D eigenvalue weighted by atomic mass is 16.3. The molecule has 5 nitrogen and oxygen atoms in total. The standard InChI is InChI=1S/C20H40N4O/c1-3-21-19(22-16-18-10-6-9-14-24(18)4-2)23-17-20(13-15-25)11-7-5-8-12-20/h18,25H,3-17H2,1-2H3,(H2,21,22,23). The van der Waals surface area contributed by atoms with Crippen molar-refractivity contribution in [2.75, 3.05) is 39.3 Å². The van der Waals surface area contributed by atoms with Gasteiger partial charge in [0.1, 0.15) is 0 Å². The number of aliphatic hydroxyl groups is 1. The van der Waals surface area contributed by atoms with Crippen LogP contribution in [-0.2, 0) is 0 Å². The molecule has 0 amide bonds. The number of piperidine rings is 1. The van der Waals surface area contributed by atoms with Crippen LogP contribution >= 0.6 is 0 Å². The van der Waals surface area contributed by atoms with Crippen molar-refractivity contribution < 1.29 is 5.11 Å². The van der Waals surface area contributed by atoms with Crippen LogP contribution in [0.5, 0.6) is 0 Å². The van der Waals surface area contributed by atoms with E-state index in [0.29, 0.717) is 6.04 Å². The minimum absolute atomic E-state index is 0.218. The van der Waals surface area contributed by atoms with E-state index >= 15 is 0 Å². The average molecular weight is 353 g/mol. The number of hydrogen-bond donors (Lipinski definition) is 3. The SMILES string of the molecule is CCNC(=NCC1(CCO)CCCCC1)NCC1CCCCN1CC. The van der Waals surface area contributed by atoms with Gasteiger partial charge in [-0.15, -0.1) is 0 Å². The van der Waals surface area contributed by atoms with E-state index in [4.69, 9.17) is 4.99 Å². The van der Waals surface area contributed by atoms with Gasteiger partial charge in [-0.05, 0) is 57.5 Å². The molecule has 2 fully saturated rings. The van der Waals surface area contributed by atoms with E-state index in [1.807, 2.05) is 0 Å². The van der Waals surface area contributed by atoms with Crippen LogP contribution in [0.3, 0.4) is 0 Å². The van der Waals surface area contributed by atoms with Crippen molar-refractivity contribution >= 4 is 5.96 Å². The molecule has 1 aliphatic heterocycles. The number of aliphatic imine (C=N–C) groups is 1. The molecule has 0 bridgehead atoms. The van der Waals surface area contributed by atoms with Gasteiger partial charge in [-0.2, -0.15) is 0 Å². The Morgan fingerprint density at radius 1 is 1.12 bits per heavy atom. The van der Waals surface area contributed by atoms with Crippen molar-refractivity contribution in [3.8, 4) is 0 Å². The summed E-state index contributed by atoms with van der Waals surface area (Å²) in [7, 11) is 0. The summed E-state index contributed by atoms with van der Waals surface area (Å²) >= 11 is 0. The zero-order chi connectivity index (χ0) is 18.0. The summed E-state index contributed by atoms with van der Waals surface area (Å²) < 4.78 is 0. The summed E-state index contributed by atoms with van der Waals surface area (Å²) in [6, 6.07) is 0.628. The van der Waals surface area contributed by atoms with E-state index in [0.717, 1.165) is 38.6 Å². The molecule has 1 saturated heterocycles. The fourth-order valence-corrected chi connectivity index (χ4v) is 4.54. The van der Waals surface area contributed by atoms with Crippen LogP contribution in [0.1, 0.15) is 71.6 Å². The van der Waals surface area contributed by atoms with Gasteiger partial charge in [-0.25, -0.2) is 0 Å². The third-order valence-corrected chi connectivity index (χ3v) is 6.13. The van der Waals surface area contributed by atoms with Gasteiger partial charge in [0.25, 0.3) is 0 Å². The lowest BCUT2D eigenvalue weighted by molar-refractivity contribution is 0.137. The maximum Gasteiger partial charge on any atom is 0.191 e. The van der Waals surface area contributed by atoms with Crippen molar-refractivity contribution in [2.24, 2.45) is 10.4 Å². The summed E-state index contributed by atoms with van der Waals surface area (Å²) in [5.74, 6) is 0.951. The van der Waals surface area contributed by atoms with E-state index in [9.17, 15) is 5.11 Å². The normalized spacial score (nSPS) is 24.9. The van der Waals surface area contributed by atoms with Crippen LogP contribution in [-0.4, -0.2) is 61.3 Å². The van der Waals surface area contributed by atoms with Gasteiger partial charge in [0.05, 0.1) is 0 Å². The summed E-state index contributed by atoms with van der Waals surface area (Å²) in [5, 5.41) is 16.5. The monoisotopic (exact) mass is 352 g/mol. The second-order valence-corrected chi connectivity index (χ2v) is 7.89. The number of guanidine groups is 1. The Labute approximate surface area is 154 Å². The molecular formula is C20H40N4O. The molecule has 5 heteroatoms. The number of rotatable bonds is 8. The Kier molecular flexibility index (Phi) is 9.04. The Morgan fingerprint density at radius 3 is 2.60 bits per heavy atom. The van der Waals surface area contributed by atoms with Gasteiger partial charge in [-0.3, -0.25) is 9.89 Å². The highest BCUT2D eigenvalue weighted by Gasteiger charge is 2.31. The molecule has 0 radical (unpaired) electrons. The largest absolute Gasteiger partial charge is 0.396 e. The summed E-state index contributed by atoms with van der Waals surface area (Å²) in [5.41, 5.74) is 0.218. The molecule has 0 aromatic rings. The Balaban J connectivity index is 1.92. The van der Waals surface area contributed by atoms with Crippen molar-refractivity contribution in [3.05, 3.63) is 0 Å². The van der Waals surface area contributed by atoms with Gasteiger partial charge in [0.15, 0.2) is 5.96 Å². The van der Waals surface area contributed by atoms with E-state index in [1.165, 1.54) is 57.9 Å². The first-order chi connectivity index (χ1) is 12.2. The maximum atomic E-state index is 9.50. The topological polar surface area (TPSA) is 59.9 Å². The predicted octanol–water partition coefficient (Wildman–Crippen LogP) is 2.75. The molecule has 0 aromatic carbocycles. The first-order valence-corrected chi connectivity index (χ1v) is 10.6. The summed E-state index contributed by atoms with van der Waals surface area (Å²) in [6.45, 7) is 9.75. The number of hydrogen-bond acceptors (Lipinski definition) is 3. The van der Waals surface area contributed by atoms with Crippen LogP contribution in [0.15, 0.2) is 4.99 Å². The Hall–Kier alpha value is -0.810. The minimum atomic E-state index is 0.218. The Morgan fingerprint density at radius 2 is 1.92 bits per heavy atom. The third-order valence-electron chi connectivity index (χ3n) is 6.13. The second kappa shape index (κ2) is 11.0. The lowest BCUT2D eigenvalue weighted by Crippen LogP contribution is -2.49. The van der Waals surface area contributed by atoms with Gasteiger partial charge in [0, 0.05) is 32.3 Å². The highest BCUT2D eigenvalue weighted by molar-refractivity contribution is 5.79. The van der Waals surface area contributed by atoms with Crippen molar-refractivity contribution in [1.29, 1.82) is 0 Å². The van der Waals surface area contributed by atoms with E-state index in [2.05, 4.69) is 29.4 Å². The summed E-state index contributed by atoms with van der Waals surface area (Å²) in [6.07, 6.45) is 11.2. The molecule has 1 aliphatic carbocycles. The van der Waals surface area contributed by atoms with Crippen molar-refractivity contribution in [2.45, 2.75) is 77.7 Å². The van der Waals surface area contributed by atoms with Crippen LogP contribution in [0.2, 0.25) is 0 Å². The van der Waals surface area contributed by atoms with Gasteiger partial charge >= 0.3 is 0 Å². The molecule has 25 heavy (non-hydrogen) atoms. The molecule has 2 aliphatic rings. The number of likely N-dealkylation sites (tertiary alicyclic amines) is 1. The van der Waals surface area contributed by atoms with Crippen molar-refractivity contribution in [1.82, 2.24) is 15.5 Å². The number of aliphatic hydroxyl groups excluding tert-OH is 1. The molecule has 146 valence electrons. The van der Waals surface area contributed by atoms with Crippen molar-refractivity contribution in [3.63, 3.8) is 0 Å². The number of nitrogens with one attached hydrogen (secondary N) is 2. The molecule has 0 aromatic heterocycles. The highest BCUT2D eigenvalue weighted by Crippen LogP contribution is 2.39. The molecule has 3 N–H and O–H groups in total. The molecule has 2 rings (SSSR count). The molecule has 0 spiro atoms. The lowest BCUT2D eigenvalue weighted by atomic mass is 9.72. The average Bonchev–Trinajstić information content (AvgIpc) is 2.65. The zero-order valence-electron chi connectivity index (χ0n) is 16.5. The lowest BCUT2D eigenvalue weighted by Gasteiger charge is -2.36. The molecule has 1 atom stereocenters. The molecule has 1 saturated carbocycles. The predicted molar refractivity (Wildman–Crippen MR) is 106 cm³/mol. The van der Waals surface area contributed by atoms with E-state index in [1.54, 1.807) is 0 Å². The molecular weight excluding hydrogens is 312 g/mol.